The molecule has 0 unspecified atom stereocenters. The van der Waals surface area contributed by atoms with Crippen molar-refractivity contribution in [3.8, 4) is 11.3 Å². The van der Waals surface area contributed by atoms with Gasteiger partial charge in [0, 0.05) is 22.8 Å². The summed E-state index contributed by atoms with van der Waals surface area (Å²) in [5.74, 6) is -0.249. The van der Waals surface area contributed by atoms with Crippen molar-refractivity contribution in [2.24, 2.45) is 0 Å². The number of nitrogens with one attached hydrogen (secondary N) is 1. The first-order valence-electron chi connectivity index (χ1n) is 10.3. The van der Waals surface area contributed by atoms with E-state index < -0.39 is 12.3 Å². The summed E-state index contributed by atoms with van der Waals surface area (Å²) in [5, 5.41) is 11.6. The summed E-state index contributed by atoms with van der Waals surface area (Å²) in [7, 11) is 0. The van der Waals surface area contributed by atoms with Crippen molar-refractivity contribution in [1.29, 1.82) is 0 Å². The van der Waals surface area contributed by atoms with Gasteiger partial charge in [0.2, 0.25) is 0 Å². The number of hydrogen-bond acceptors (Lipinski definition) is 4. The van der Waals surface area contributed by atoms with Gasteiger partial charge in [0.25, 0.3) is 12.3 Å². The van der Waals surface area contributed by atoms with Crippen molar-refractivity contribution in [2.75, 3.05) is 5.32 Å². The summed E-state index contributed by atoms with van der Waals surface area (Å²) in [4.78, 5) is 17.4. The van der Waals surface area contributed by atoms with Crippen LogP contribution in [-0.2, 0) is 6.54 Å². The summed E-state index contributed by atoms with van der Waals surface area (Å²) < 4.78 is 30.1. The largest absolute Gasteiger partial charge is 0.305 e. The quantitative estimate of drug-likeness (QED) is 0.350. The molecule has 1 N–H and O–H groups in total. The van der Waals surface area contributed by atoms with Gasteiger partial charge in [0.15, 0.2) is 11.5 Å². The molecule has 10 heteroatoms. The fourth-order valence-electron chi connectivity index (χ4n) is 3.58. The Balaban J connectivity index is 1.43. The Hall–Kier alpha value is -4.11. The molecular weight excluding hydrogens is 462 g/mol. The van der Waals surface area contributed by atoms with Gasteiger partial charge in [-0.3, -0.25) is 9.48 Å². The van der Waals surface area contributed by atoms with Crippen molar-refractivity contribution in [3.05, 3.63) is 101 Å². The summed E-state index contributed by atoms with van der Waals surface area (Å²) in [6, 6.07) is 19.2. The zero-order valence-electron chi connectivity index (χ0n) is 17.6. The minimum absolute atomic E-state index is 0.0347. The standard InChI is InChI=1S/C24H17ClF2N6O/c25-17-8-4-5-15(11-17)14-32-10-9-21(31-32)30-24(34)18-13-28-33-20(22(26)27)12-19(29-23(18)33)16-6-2-1-3-7-16/h1-13,22H,14H2,(H,30,31,34). The molecule has 0 radical (unpaired) electrons. The number of carbonyl (C=O) groups excluding carboxylic acids is 1. The van der Waals surface area contributed by atoms with Crippen molar-refractivity contribution in [2.45, 2.75) is 13.0 Å². The maximum absolute atomic E-state index is 13.7. The van der Waals surface area contributed by atoms with Gasteiger partial charge in [-0.15, -0.1) is 0 Å². The predicted octanol–water partition coefficient (Wildman–Crippen LogP) is 5.48. The molecule has 7 nitrogen and oxygen atoms in total. The van der Waals surface area contributed by atoms with Gasteiger partial charge < -0.3 is 5.32 Å². The highest BCUT2D eigenvalue weighted by Gasteiger charge is 2.22. The Morgan fingerprint density at radius 1 is 1.06 bits per heavy atom. The number of nitrogens with zero attached hydrogens (tertiary/aromatic N) is 5. The number of carbonyl (C=O) groups is 1. The van der Waals surface area contributed by atoms with Gasteiger partial charge >= 0.3 is 0 Å². The molecule has 0 aliphatic heterocycles. The molecule has 5 rings (SSSR count). The lowest BCUT2D eigenvalue weighted by Crippen LogP contribution is -2.13. The van der Waals surface area contributed by atoms with E-state index in [0.29, 0.717) is 28.6 Å². The Kier molecular flexibility index (Phi) is 5.77. The van der Waals surface area contributed by atoms with Gasteiger partial charge in [0.05, 0.1) is 18.4 Å². The molecule has 0 fully saturated rings. The van der Waals surface area contributed by atoms with E-state index in [9.17, 15) is 13.6 Å². The fourth-order valence-corrected chi connectivity index (χ4v) is 3.79. The lowest BCUT2D eigenvalue weighted by molar-refractivity contribution is 0.102. The van der Waals surface area contributed by atoms with E-state index in [1.165, 1.54) is 12.3 Å². The molecule has 170 valence electrons. The van der Waals surface area contributed by atoms with Crippen molar-refractivity contribution in [3.63, 3.8) is 0 Å². The SMILES string of the molecule is O=C(Nc1ccn(Cc2cccc(Cl)c2)n1)c1cnn2c(C(F)F)cc(-c3ccccc3)nc12. The van der Waals surface area contributed by atoms with Crippen LogP contribution in [0.25, 0.3) is 16.9 Å². The van der Waals surface area contributed by atoms with E-state index in [1.807, 2.05) is 24.3 Å². The van der Waals surface area contributed by atoms with E-state index in [0.717, 1.165) is 10.1 Å². The number of anilines is 1. The van der Waals surface area contributed by atoms with Gasteiger partial charge in [-0.05, 0) is 23.8 Å². The molecule has 0 aliphatic rings. The van der Waals surface area contributed by atoms with Crippen molar-refractivity contribution >= 4 is 29.0 Å². The highest BCUT2D eigenvalue weighted by molar-refractivity contribution is 6.30. The molecule has 0 spiro atoms. The third-order valence-electron chi connectivity index (χ3n) is 5.15. The van der Waals surface area contributed by atoms with Gasteiger partial charge in [-0.1, -0.05) is 54.1 Å². The van der Waals surface area contributed by atoms with Crippen LogP contribution >= 0.6 is 11.6 Å². The molecular formula is C24H17ClF2N6O. The summed E-state index contributed by atoms with van der Waals surface area (Å²) in [5.41, 5.74) is 1.67. The third kappa shape index (κ3) is 4.38. The molecule has 0 atom stereocenters. The second-order valence-electron chi connectivity index (χ2n) is 7.51. The number of rotatable bonds is 6. The van der Waals surface area contributed by atoms with Crippen molar-refractivity contribution < 1.29 is 13.6 Å². The molecule has 0 bridgehead atoms. The first-order valence-corrected chi connectivity index (χ1v) is 10.7. The fraction of sp³-hybridized carbons (Fsp3) is 0.0833. The van der Waals surface area contributed by atoms with Crippen LogP contribution in [0, 0.1) is 0 Å². The Labute approximate surface area is 197 Å². The molecule has 0 saturated heterocycles. The first kappa shape index (κ1) is 21.7. The van der Waals surface area contributed by atoms with E-state index >= 15 is 0 Å². The van der Waals surface area contributed by atoms with E-state index in [-0.39, 0.29) is 16.9 Å². The molecule has 3 aromatic heterocycles. The topological polar surface area (TPSA) is 77.1 Å². The number of aromatic nitrogens is 5. The number of fused-ring (bicyclic) bond motifs is 1. The van der Waals surface area contributed by atoms with Crippen LogP contribution < -0.4 is 5.32 Å². The van der Waals surface area contributed by atoms with Gasteiger partial charge in [-0.2, -0.15) is 10.2 Å². The highest BCUT2D eigenvalue weighted by atomic mass is 35.5. The van der Waals surface area contributed by atoms with Crippen LogP contribution in [0.4, 0.5) is 14.6 Å². The number of alkyl halides is 2. The predicted molar refractivity (Wildman–Crippen MR) is 124 cm³/mol. The normalized spacial score (nSPS) is 11.3. The molecule has 34 heavy (non-hydrogen) atoms. The molecule has 2 aromatic carbocycles. The molecule has 5 aromatic rings. The number of amides is 1. The molecule has 1 amide bonds. The Morgan fingerprint density at radius 3 is 2.65 bits per heavy atom. The van der Waals surface area contributed by atoms with Crippen LogP contribution in [0.3, 0.4) is 0 Å². The average molecular weight is 479 g/mol. The first-order chi connectivity index (χ1) is 16.5. The van der Waals surface area contributed by atoms with E-state index in [2.05, 4.69) is 20.5 Å². The summed E-state index contributed by atoms with van der Waals surface area (Å²) in [6.07, 6.45) is 0.139. The van der Waals surface area contributed by atoms with Crippen LogP contribution in [0.1, 0.15) is 28.0 Å². The minimum Gasteiger partial charge on any atom is -0.305 e. The minimum atomic E-state index is -2.80. The van der Waals surface area contributed by atoms with Gasteiger partial charge in [0.1, 0.15) is 11.3 Å². The van der Waals surface area contributed by atoms with E-state index in [4.69, 9.17) is 11.6 Å². The maximum atomic E-state index is 13.7. The van der Waals surface area contributed by atoms with Crippen LogP contribution in [-0.4, -0.2) is 30.3 Å². The number of halogens is 3. The van der Waals surface area contributed by atoms with Crippen molar-refractivity contribution in [1.82, 2.24) is 24.4 Å². The molecule has 0 saturated carbocycles. The number of hydrogen-bond donors (Lipinski definition) is 1. The smallest absolute Gasteiger partial charge is 0.280 e. The highest BCUT2D eigenvalue weighted by Crippen LogP contribution is 2.27. The van der Waals surface area contributed by atoms with Crippen LogP contribution in [0.2, 0.25) is 5.02 Å². The van der Waals surface area contributed by atoms with Crippen LogP contribution in [0.15, 0.2) is 79.1 Å². The second-order valence-corrected chi connectivity index (χ2v) is 7.95. The molecule has 0 aliphatic carbocycles. The monoisotopic (exact) mass is 478 g/mol. The third-order valence-corrected chi connectivity index (χ3v) is 5.39. The maximum Gasteiger partial charge on any atom is 0.280 e. The lowest BCUT2D eigenvalue weighted by Gasteiger charge is -2.08. The summed E-state index contributed by atoms with van der Waals surface area (Å²) >= 11 is 6.02. The zero-order valence-corrected chi connectivity index (χ0v) is 18.3. The van der Waals surface area contributed by atoms with Gasteiger partial charge in [-0.25, -0.2) is 18.3 Å². The van der Waals surface area contributed by atoms with E-state index in [1.54, 1.807) is 47.3 Å². The van der Waals surface area contributed by atoms with Crippen LogP contribution in [0.5, 0.6) is 0 Å². The lowest BCUT2D eigenvalue weighted by atomic mass is 10.1. The Bertz CT molecular complexity index is 1480. The number of benzene rings is 2. The molecule has 3 heterocycles. The average Bonchev–Trinajstić information content (AvgIpc) is 3.45. The zero-order chi connectivity index (χ0) is 23.7. The Morgan fingerprint density at radius 2 is 1.88 bits per heavy atom. The summed E-state index contributed by atoms with van der Waals surface area (Å²) in [6.45, 7) is 0.465. The second kappa shape index (κ2) is 9.03.